The molecular weight excluding hydrogens is 436 g/mol. The Morgan fingerprint density at radius 2 is 1.55 bits per heavy atom. The maximum Gasteiger partial charge on any atom is 0.255 e. The molecule has 3 aromatic carbocycles. The number of ether oxygens (including phenoxy) is 2. The van der Waals surface area contributed by atoms with E-state index >= 15 is 0 Å². The minimum absolute atomic E-state index is 0.0805. The molecule has 0 aliphatic rings. The molecule has 1 atom stereocenters. The van der Waals surface area contributed by atoms with Crippen molar-refractivity contribution in [3.8, 4) is 11.5 Å². The molecule has 0 heterocycles. The molecule has 0 radical (unpaired) electrons. The number of hydrogen-bond acceptors (Lipinski definition) is 5. The Bertz CT molecular complexity index is 1160. The van der Waals surface area contributed by atoms with E-state index in [1.54, 1.807) is 25.3 Å². The van der Waals surface area contributed by atoms with E-state index in [1.807, 2.05) is 63.2 Å². The molecule has 3 rings (SSSR count). The largest absolute Gasteiger partial charge is 0.493 e. The highest BCUT2D eigenvalue weighted by Gasteiger charge is 2.16. The van der Waals surface area contributed by atoms with Gasteiger partial charge in [0.05, 0.1) is 19.5 Å². The minimum Gasteiger partial charge on any atom is -0.493 e. The average Bonchev–Trinajstić information content (AvgIpc) is 2.81. The Hall–Kier alpha value is -3.45. The molecule has 0 aliphatic heterocycles. The Balaban J connectivity index is 1.64. The van der Waals surface area contributed by atoms with Crippen LogP contribution in [0, 0.1) is 13.8 Å². The molecule has 0 aromatic heterocycles. The minimum atomic E-state index is -0.316. The zero-order chi connectivity index (χ0) is 24.0. The fourth-order valence-corrected chi connectivity index (χ4v) is 4.07. The Morgan fingerprint density at radius 1 is 0.818 bits per heavy atom. The summed E-state index contributed by atoms with van der Waals surface area (Å²) in [7, 11) is 3.07. The third-order valence-corrected chi connectivity index (χ3v) is 6.29. The molecule has 2 N–H and O–H groups in total. The number of anilines is 2. The fraction of sp³-hybridized carbons (Fsp3) is 0.231. The molecule has 7 heteroatoms. The second-order valence-corrected chi connectivity index (χ2v) is 9.01. The van der Waals surface area contributed by atoms with Crippen molar-refractivity contribution in [3.05, 3.63) is 77.4 Å². The third-order valence-electron chi connectivity index (χ3n) is 5.19. The van der Waals surface area contributed by atoms with Gasteiger partial charge in [0.15, 0.2) is 11.5 Å². The van der Waals surface area contributed by atoms with Crippen molar-refractivity contribution in [1.82, 2.24) is 0 Å². The number of carbonyl (C=O) groups excluding carboxylic acids is 2. The quantitative estimate of drug-likeness (QED) is 0.419. The summed E-state index contributed by atoms with van der Waals surface area (Å²) >= 11 is 1.43. The third kappa shape index (κ3) is 6.29. The van der Waals surface area contributed by atoms with Crippen LogP contribution in [-0.4, -0.2) is 31.3 Å². The van der Waals surface area contributed by atoms with Crippen LogP contribution < -0.4 is 20.1 Å². The van der Waals surface area contributed by atoms with Gasteiger partial charge in [-0.1, -0.05) is 12.1 Å². The zero-order valence-corrected chi connectivity index (χ0v) is 20.2. The molecule has 33 heavy (non-hydrogen) atoms. The van der Waals surface area contributed by atoms with E-state index in [9.17, 15) is 9.59 Å². The first kappa shape index (κ1) is 24.2. The van der Waals surface area contributed by atoms with Crippen molar-refractivity contribution in [2.75, 3.05) is 24.9 Å². The van der Waals surface area contributed by atoms with E-state index in [1.165, 1.54) is 24.4 Å². The van der Waals surface area contributed by atoms with E-state index in [-0.39, 0.29) is 17.1 Å². The molecular formula is C26H28N2O4S. The van der Waals surface area contributed by atoms with Crippen molar-refractivity contribution in [2.24, 2.45) is 0 Å². The number of rotatable bonds is 8. The molecule has 6 nitrogen and oxygen atoms in total. The average molecular weight is 465 g/mol. The number of carbonyl (C=O) groups is 2. The van der Waals surface area contributed by atoms with Gasteiger partial charge in [-0.3, -0.25) is 9.59 Å². The van der Waals surface area contributed by atoms with E-state index in [0.29, 0.717) is 22.7 Å². The lowest BCUT2D eigenvalue weighted by Crippen LogP contribution is -2.22. The first-order valence-corrected chi connectivity index (χ1v) is 11.4. The predicted molar refractivity (Wildman–Crippen MR) is 134 cm³/mol. The Labute approximate surface area is 198 Å². The second-order valence-electron chi connectivity index (χ2n) is 7.60. The van der Waals surface area contributed by atoms with Gasteiger partial charge in [0.1, 0.15) is 0 Å². The van der Waals surface area contributed by atoms with E-state index in [2.05, 4.69) is 10.6 Å². The summed E-state index contributed by atoms with van der Waals surface area (Å²) in [5.74, 6) is 0.695. The number of benzene rings is 3. The second kappa shape index (κ2) is 10.9. The van der Waals surface area contributed by atoms with Crippen molar-refractivity contribution < 1.29 is 19.1 Å². The number of amides is 2. The smallest absolute Gasteiger partial charge is 0.255 e. The van der Waals surface area contributed by atoms with Crippen molar-refractivity contribution in [3.63, 3.8) is 0 Å². The van der Waals surface area contributed by atoms with Gasteiger partial charge >= 0.3 is 0 Å². The molecule has 0 saturated carbocycles. The number of methoxy groups -OCH3 is 2. The Morgan fingerprint density at radius 3 is 2.24 bits per heavy atom. The van der Waals surface area contributed by atoms with Crippen molar-refractivity contribution in [2.45, 2.75) is 30.9 Å². The number of hydrogen-bond donors (Lipinski definition) is 2. The van der Waals surface area contributed by atoms with Crippen LogP contribution in [0.4, 0.5) is 11.4 Å². The molecule has 0 fully saturated rings. The number of aryl methyl sites for hydroxylation is 2. The summed E-state index contributed by atoms with van der Waals surface area (Å²) in [4.78, 5) is 26.2. The first-order chi connectivity index (χ1) is 15.8. The van der Waals surface area contributed by atoms with Gasteiger partial charge in [-0.25, -0.2) is 0 Å². The van der Waals surface area contributed by atoms with Crippen LogP contribution in [-0.2, 0) is 4.79 Å². The van der Waals surface area contributed by atoms with Gasteiger partial charge in [-0.2, -0.15) is 0 Å². The molecule has 1 unspecified atom stereocenters. The van der Waals surface area contributed by atoms with E-state index < -0.39 is 0 Å². The Kier molecular flexibility index (Phi) is 8.01. The standard InChI is InChI=1S/C26H28N2O4S/c1-16-9-11-21(13-17(16)2)27-25(29)18(3)33-22-8-6-7-20(15-22)28-26(30)19-10-12-23(31-4)24(14-19)32-5/h6-15,18H,1-5H3,(H,27,29)(H,28,30). The normalized spacial score (nSPS) is 11.4. The molecule has 0 aliphatic carbocycles. The van der Waals surface area contributed by atoms with Gasteiger partial charge in [-0.15, -0.1) is 11.8 Å². The fourth-order valence-electron chi connectivity index (χ4n) is 3.15. The number of thioether (sulfide) groups is 1. The summed E-state index contributed by atoms with van der Waals surface area (Å²) < 4.78 is 10.5. The van der Waals surface area contributed by atoms with Crippen LogP contribution in [0.2, 0.25) is 0 Å². The summed E-state index contributed by atoms with van der Waals surface area (Å²) in [6, 6.07) is 18.3. The summed E-state index contributed by atoms with van der Waals surface area (Å²) in [5, 5.41) is 5.54. The molecule has 0 saturated heterocycles. The molecule has 3 aromatic rings. The lowest BCUT2D eigenvalue weighted by Gasteiger charge is -2.14. The SMILES string of the molecule is COc1ccc(C(=O)Nc2cccc(SC(C)C(=O)Nc3ccc(C)c(C)c3)c2)cc1OC. The highest BCUT2D eigenvalue weighted by molar-refractivity contribution is 8.00. The summed E-state index contributed by atoms with van der Waals surface area (Å²) in [6.07, 6.45) is 0. The van der Waals surface area contributed by atoms with Gasteiger partial charge in [0.25, 0.3) is 5.91 Å². The van der Waals surface area contributed by atoms with Gasteiger partial charge in [-0.05, 0) is 80.4 Å². The lowest BCUT2D eigenvalue weighted by molar-refractivity contribution is -0.115. The molecule has 0 bridgehead atoms. The van der Waals surface area contributed by atoms with Crippen LogP contribution in [0.15, 0.2) is 65.6 Å². The topological polar surface area (TPSA) is 76.7 Å². The van der Waals surface area contributed by atoms with Gasteiger partial charge in [0, 0.05) is 21.8 Å². The summed E-state index contributed by atoms with van der Waals surface area (Å²) in [6.45, 7) is 5.91. The van der Waals surface area contributed by atoms with E-state index in [0.717, 1.165) is 16.1 Å². The first-order valence-electron chi connectivity index (χ1n) is 10.5. The van der Waals surface area contributed by atoms with Gasteiger partial charge in [0.2, 0.25) is 5.91 Å². The van der Waals surface area contributed by atoms with Gasteiger partial charge < -0.3 is 20.1 Å². The molecule has 2 amide bonds. The highest BCUT2D eigenvalue weighted by atomic mass is 32.2. The van der Waals surface area contributed by atoms with Crippen molar-refractivity contribution >= 4 is 35.0 Å². The van der Waals surface area contributed by atoms with E-state index in [4.69, 9.17) is 9.47 Å². The molecule has 0 spiro atoms. The predicted octanol–water partition coefficient (Wildman–Crippen LogP) is 5.69. The highest BCUT2D eigenvalue weighted by Crippen LogP contribution is 2.29. The maximum atomic E-state index is 12.7. The number of nitrogens with one attached hydrogen (secondary N) is 2. The lowest BCUT2D eigenvalue weighted by atomic mass is 10.1. The van der Waals surface area contributed by atoms with Crippen LogP contribution in [0.1, 0.15) is 28.4 Å². The van der Waals surface area contributed by atoms with Crippen molar-refractivity contribution in [1.29, 1.82) is 0 Å². The van der Waals surface area contributed by atoms with Crippen LogP contribution in [0.3, 0.4) is 0 Å². The maximum absolute atomic E-state index is 12.7. The zero-order valence-electron chi connectivity index (χ0n) is 19.4. The molecule has 172 valence electrons. The summed E-state index contributed by atoms with van der Waals surface area (Å²) in [5.41, 5.74) is 4.19. The van der Waals surface area contributed by atoms with Crippen LogP contribution >= 0.6 is 11.8 Å². The van der Waals surface area contributed by atoms with Crippen LogP contribution in [0.25, 0.3) is 0 Å². The monoisotopic (exact) mass is 464 g/mol. The van der Waals surface area contributed by atoms with Crippen LogP contribution in [0.5, 0.6) is 11.5 Å².